The Labute approximate surface area is 145 Å². The largest absolute Gasteiger partial charge is 0.481 e. The number of carbonyl (C=O) groups is 2. The summed E-state index contributed by atoms with van der Waals surface area (Å²) in [4.78, 5) is 29.8. The number of thiazole rings is 1. The number of carbonyl (C=O) groups excluding carboxylic acids is 1. The Kier molecular flexibility index (Phi) is 4.94. The minimum absolute atomic E-state index is 0.0401. The highest BCUT2D eigenvalue weighted by atomic mass is 32.1. The average Bonchev–Trinajstić information content (AvgIpc) is 3.04. The van der Waals surface area contributed by atoms with E-state index in [2.05, 4.69) is 4.98 Å². The number of piperidine rings is 1. The van der Waals surface area contributed by atoms with Gasteiger partial charge in [0.1, 0.15) is 5.01 Å². The number of aryl methyl sites for hydroxylation is 1. The van der Waals surface area contributed by atoms with Crippen LogP contribution in [0.1, 0.15) is 24.1 Å². The van der Waals surface area contributed by atoms with E-state index < -0.39 is 11.9 Å². The van der Waals surface area contributed by atoms with Gasteiger partial charge in [-0.2, -0.15) is 0 Å². The van der Waals surface area contributed by atoms with Crippen LogP contribution in [0.5, 0.6) is 0 Å². The van der Waals surface area contributed by atoms with Crippen LogP contribution in [-0.2, 0) is 16.0 Å². The van der Waals surface area contributed by atoms with E-state index in [-0.39, 0.29) is 12.3 Å². The van der Waals surface area contributed by atoms with Crippen LogP contribution in [0, 0.1) is 12.8 Å². The van der Waals surface area contributed by atoms with E-state index in [0.717, 1.165) is 22.7 Å². The second-order valence-electron chi connectivity index (χ2n) is 6.20. The Hall–Kier alpha value is -2.21. The third kappa shape index (κ3) is 3.82. The molecule has 6 heteroatoms. The molecule has 2 aromatic rings. The lowest BCUT2D eigenvalue weighted by Gasteiger charge is -2.30. The molecular formula is C18H20N2O3S. The number of likely N-dealkylation sites (tertiary alicyclic amines) is 1. The molecule has 1 aliphatic rings. The lowest BCUT2D eigenvalue weighted by Crippen LogP contribution is -2.43. The quantitative estimate of drug-likeness (QED) is 0.926. The van der Waals surface area contributed by atoms with Crippen molar-refractivity contribution in [3.63, 3.8) is 0 Å². The summed E-state index contributed by atoms with van der Waals surface area (Å²) in [6.07, 6.45) is 1.62. The molecule has 3 rings (SSSR count). The molecule has 1 aliphatic heterocycles. The summed E-state index contributed by atoms with van der Waals surface area (Å²) < 4.78 is 0. The maximum absolute atomic E-state index is 12.4. The Morgan fingerprint density at radius 3 is 2.79 bits per heavy atom. The highest BCUT2D eigenvalue weighted by molar-refractivity contribution is 7.13. The number of nitrogens with zero attached hydrogens (tertiary/aromatic N) is 2. The number of aromatic nitrogens is 1. The van der Waals surface area contributed by atoms with Crippen LogP contribution in [0.25, 0.3) is 10.6 Å². The molecule has 1 aromatic carbocycles. The van der Waals surface area contributed by atoms with E-state index in [1.807, 2.05) is 36.6 Å². The third-order valence-electron chi connectivity index (χ3n) is 4.31. The molecule has 126 valence electrons. The molecule has 5 nitrogen and oxygen atoms in total. The summed E-state index contributed by atoms with van der Waals surface area (Å²) in [6, 6.07) is 8.15. The summed E-state index contributed by atoms with van der Waals surface area (Å²) in [5, 5.41) is 11.9. The van der Waals surface area contributed by atoms with Crippen LogP contribution in [0.15, 0.2) is 29.6 Å². The van der Waals surface area contributed by atoms with Gasteiger partial charge in [0, 0.05) is 24.0 Å². The van der Waals surface area contributed by atoms with Crippen molar-refractivity contribution in [2.24, 2.45) is 5.92 Å². The minimum Gasteiger partial charge on any atom is -0.481 e. The van der Waals surface area contributed by atoms with Gasteiger partial charge in [-0.15, -0.1) is 11.3 Å². The number of rotatable bonds is 4. The van der Waals surface area contributed by atoms with Gasteiger partial charge in [-0.25, -0.2) is 4.98 Å². The van der Waals surface area contributed by atoms with E-state index in [4.69, 9.17) is 5.11 Å². The van der Waals surface area contributed by atoms with Crippen molar-refractivity contribution in [1.82, 2.24) is 9.88 Å². The number of benzene rings is 1. The molecule has 1 aromatic heterocycles. The summed E-state index contributed by atoms with van der Waals surface area (Å²) in [6.45, 7) is 2.99. The number of carboxylic acids is 1. The summed E-state index contributed by atoms with van der Waals surface area (Å²) >= 11 is 1.53. The molecule has 0 radical (unpaired) electrons. The molecule has 1 atom stereocenters. The first-order valence-electron chi connectivity index (χ1n) is 8.05. The predicted molar refractivity (Wildman–Crippen MR) is 92.9 cm³/mol. The first-order chi connectivity index (χ1) is 11.5. The van der Waals surface area contributed by atoms with Crippen LogP contribution in [0.2, 0.25) is 0 Å². The molecule has 1 amide bonds. The number of amides is 1. The monoisotopic (exact) mass is 344 g/mol. The molecule has 24 heavy (non-hydrogen) atoms. The molecule has 0 saturated carbocycles. The standard InChI is InChI=1S/C18H20N2O3S/c1-12-4-6-13(7-5-12)17-19-15(11-24-17)9-16(21)20-8-2-3-14(10-20)18(22)23/h4-7,11,14H,2-3,8-10H2,1H3,(H,22,23). The molecule has 1 N–H and O–H groups in total. The number of aliphatic carboxylic acids is 1. The van der Waals surface area contributed by atoms with Crippen molar-refractivity contribution in [3.05, 3.63) is 40.9 Å². The summed E-state index contributed by atoms with van der Waals surface area (Å²) in [5.41, 5.74) is 3.00. The van der Waals surface area contributed by atoms with Gasteiger partial charge in [-0.05, 0) is 19.8 Å². The Morgan fingerprint density at radius 1 is 1.33 bits per heavy atom. The van der Waals surface area contributed by atoms with Crippen molar-refractivity contribution in [2.75, 3.05) is 13.1 Å². The highest BCUT2D eigenvalue weighted by Crippen LogP contribution is 2.25. The molecule has 0 spiro atoms. The van der Waals surface area contributed by atoms with Gasteiger partial charge >= 0.3 is 5.97 Å². The molecule has 0 aliphatic carbocycles. The van der Waals surface area contributed by atoms with Gasteiger partial charge in [0.05, 0.1) is 18.0 Å². The second-order valence-corrected chi connectivity index (χ2v) is 7.06. The minimum atomic E-state index is -0.817. The number of carboxylic acid groups (broad SMARTS) is 1. The van der Waals surface area contributed by atoms with E-state index in [1.165, 1.54) is 16.9 Å². The summed E-state index contributed by atoms with van der Waals surface area (Å²) in [7, 11) is 0. The van der Waals surface area contributed by atoms with E-state index >= 15 is 0 Å². The molecular weight excluding hydrogens is 324 g/mol. The van der Waals surface area contributed by atoms with Crippen molar-refractivity contribution >= 4 is 23.2 Å². The zero-order chi connectivity index (χ0) is 17.1. The van der Waals surface area contributed by atoms with E-state index in [0.29, 0.717) is 19.5 Å². The Balaban J connectivity index is 1.65. The third-order valence-corrected chi connectivity index (χ3v) is 5.25. The van der Waals surface area contributed by atoms with Crippen molar-refractivity contribution in [1.29, 1.82) is 0 Å². The number of hydrogen-bond acceptors (Lipinski definition) is 4. The Bertz CT molecular complexity index is 739. The second kappa shape index (κ2) is 7.13. The van der Waals surface area contributed by atoms with Gasteiger partial charge < -0.3 is 10.0 Å². The first kappa shape index (κ1) is 16.6. The normalized spacial score (nSPS) is 17.7. The van der Waals surface area contributed by atoms with Gasteiger partial charge in [0.15, 0.2) is 0 Å². The topological polar surface area (TPSA) is 70.5 Å². The summed E-state index contributed by atoms with van der Waals surface area (Å²) in [5.74, 6) is -1.30. The molecule has 1 unspecified atom stereocenters. The fourth-order valence-electron chi connectivity index (χ4n) is 2.89. The van der Waals surface area contributed by atoms with Gasteiger partial charge in [-0.3, -0.25) is 9.59 Å². The SMILES string of the molecule is Cc1ccc(-c2nc(CC(=O)N3CCCC(C(=O)O)C3)cs2)cc1. The van der Waals surface area contributed by atoms with Crippen LogP contribution in [0.3, 0.4) is 0 Å². The lowest BCUT2D eigenvalue weighted by molar-refractivity contribution is -0.145. The maximum Gasteiger partial charge on any atom is 0.308 e. The zero-order valence-electron chi connectivity index (χ0n) is 13.6. The smallest absolute Gasteiger partial charge is 0.308 e. The number of hydrogen-bond donors (Lipinski definition) is 1. The van der Waals surface area contributed by atoms with Crippen molar-refractivity contribution in [2.45, 2.75) is 26.2 Å². The molecule has 0 bridgehead atoms. The van der Waals surface area contributed by atoms with Crippen molar-refractivity contribution < 1.29 is 14.7 Å². The van der Waals surface area contributed by atoms with Crippen LogP contribution in [0.4, 0.5) is 0 Å². The van der Waals surface area contributed by atoms with Gasteiger partial charge in [0.2, 0.25) is 5.91 Å². The van der Waals surface area contributed by atoms with Gasteiger partial charge in [0.25, 0.3) is 0 Å². The molecule has 1 fully saturated rings. The maximum atomic E-state index is 12.4. The van der Waals surface area contributed by atoms with Gasteiger partial charge in [-0.1, -0.05) is 29.8 Å². The zero-order valence-corrected chi connectivity index (χ0v) is 14.4. The molecule has 2 heterocycles. The van der Waals surface area contributed by atoms with Crippen LogP contribution >= 0.6 is 11.3 Å². The van der Waals surface area contributed by atoms with Crippen molar-refractivity contribution in [3.8, 4) is 10.6 Å². The Morgan fingerprint density at radius 2 is 2.08 bits per heavy atom. The van der Waals surface area contributed by atoms with Crippen LogP contribution < -0.4 is 0 Å². The fraction of sp³-hybridized carbons (Fsp3) is 0.389. The van der Waals surface area contributed by atoms with Crippen LogP contribution in [-0.4, -0.2) is 40.0 Å². The molecule has 1 saturated heterocycles. The average molecular weight is 344 g/mol. The highest BCUT2D eigenvalue weighted by Gasteiger charge is 2.28. The van der Waals surface area contributed by atoms with E-state index in [9.17, 15) is 9.59 Å². The predicted octanol–water partition coefficient (Wildman–Crippen LogP) is 2.98. The first-order valence-corrected chi connectivity index (χ1v) is 8.93. The lowest BCUT2D eigenvalue weighted by atomic mass is 9.98. The van der Waals surface area contributed by atoms with E-state index in [1.54, 1.807) is 4.90 Å². The fourth-order valence-corrected chi connectivity index (χ4v) is 3.71.